The summed E-state index contributed by atoms with van der Waals surface area (Å²) in [5.74, 6) is 1.86. The molecule has 0 aliphatic carbocycles. The molecule has 9 heteroatoms. The molecule has 1 fully saturated rings. The zero-order valence-corrected chi connectivity index (χ0v) is 16.1. The van der Waals surface area contributed by atoms with Gasteiger partial charge >= 0.3 is 0 Å². The first-order valence-corrected chi connectivity index (χ1v) is 9.65. The number of aromatic nitrogens is 2. The minimum atomic E-state index is -0.313. The lowest BCUT2D eigenvalue weighted by Crippen LogP contribution is -2.48. The molecular formula is C21H19FN4O4. The summed E-state index contributed by atoms with van der Waals surface area (Å²) in [7, 11) is 0. The topological polar surface area (TPSA) is 80.9 Å². The van der Waals surface area contributed by atoms with Crippen LogP contribution in [0.25, 0.3) is 11.5 Å². The van der Waals surface area contributed by atoms with Gasteiger partial charge in [-0.05, 0) is 42.5 Å². The van der Waals surface area contributed by atoms with Crippen LogP contribution in [-0.2, 0) is 6.54 Å². The van der Waals surface area contributed by atoms with Crippen LogP contribution >= 0.6 is 0 Å². The van der Waals surface area contributed by atoms with Gasteiger partial charge in [0.15, 0.2) is 17.3 Å². The van der Waals surface area contributed by atoms with E-state index in [2.05, 4.69) is 15.0 Å². The first-order chi connectivity index (χ1) is 14.7. The molecule has 3 aromatic rings. The summed E-state index contributed by atoms with van der Waals surface area (Å²) in [6.07, 6.45) is 0. The predicted octanol–water partition coefficient (Wildman–Crippen LogP) is 2.56. The van der Waals surface area contributed by atoms with Crippen molar-refractivity contribution in [1.29, 1.82) is 0 Å². The van der Waals surface area contributed by atoms with Crippen LogP contribution in [-0.4, -0.2) is 58.8 Å². The highest BCUT2D eigenvalue weighted by atomic mass is 19.1. The number of halogens is 1. The van der Waals surface area contributed by atoms with Crippen molar-refractivity contribution in [3.63, 3.8) is 0 Å². The fourth-order valence-electron chi connectivity index (χ4n) is 3.55. The SMILES string of the molecule is O=C(c1ccc2c(c1)OCO2)N1CCN(Cc2noc(-c3ccc(F)cc3)n2)CC1. The standard InChI is InChI=1S/C21H19FN4O4/c22-16-4-1-14(2-5-16)20-23-19(24-30-20)12-25-7-9-26(10-8-25)21(27)15-3-6-17-18(11-15)29-13-28-17/h1-6,11H,7-10,12-13H2. The maximum atomic E-state index is 13.1. The molecule has 1 aromatic heterocycles. The summed E-state index contributed by atoms with van der Waals surface area (Å²) in [4.78, 5) is 21.2. The Morgan fingerprint density at radius 3 is 2.57 bits per heavy atom. The summed E-state index contributed by atoms with van der Waals surface area (Å²) in [5.41, 5.74) is 1.27. The lowest BCUT2D eigenvalue weighted by Gasteiger charge is -2.34. The zero-order valence-electron chi connectivity index (χ0n) is 16.1. The van der Waals surface area contributed by atoms with Gasteiger partial charge in [0.25, 0.3) is 11.8 Å². The Hall–Kier alpha value is -3.46. The smallest absolute Gasteiger partial charge is 0.257 e. The minimum Gasteiger partial charge on any atom is -0.454 e. The van der Waals surface area contributed by atoms with Crippen LogP contribution in [0, 0.1) is 5.82 Å². The number of benzene rings is 2. The van der Waals surface area contributed by atoms with Gasteiger partial charge in [0.1, 0.15) is 5.82 Å². The molecule has 30 heavy (non-hydrogen) atoms. The van der Waals surface area contributed by atoms with Gasteiger partial charge in [0, 0.05) is 37.3 Å². The lowest BCUT2D eigenvalue weighted by atomic mass is 10.1. The van der Waals surface area contributed by atoms with Gasteiger partial charge in [0.2, 0.25) is 6.79 Å². The van der Waals surface area contributed by atoms with Crippen molar-refractivity contribution in [2.45, 2.75) is 6.54 Å². The average molecular weight is 410 g/mol. The van der Waals surface area contributed by atoms with Crippen LogP contribution in [0.5, 0.6) is 11.5 Å². The first-order valence-electron chi connectivity index (χ1n) is 9.65. The summed E-state index contributed by atoms with van der Waals surface area (Å²) >= 11 is 0. The van der Waals surface area contributed by atoms with E-state index in [-0.39, 0.29) is 18.5 Å². The van der Waals surface area contributed by atoms with Gasteiger partial charge in [-0.25, -0.2) is 4.39 Å². The molecule has 3 heterocycles. The Morgan fingerprint density at radius 2 is 1.77 bits per heavy atom. The van der Waals surface area contributed by atoms with E-state index in [9.17, 15) is 9.18 Å². The molecule has 1 saturated heterocycles. The van der Waals surface area contributed by atoms with Crippen LogP contribution in [0.4, 0.5) is 4.39 Å². The number of carbonyl (C=O) groups is 1. The maximum Gasteiger partial charge on any atom is 0.257 e. The zero-order chi connectivity index (χ0) is 20.5. The molecule has 0 atom stereocenters. The Bertz CT molecular complexity index is 1060. The van der Waals surface area contributed by atoms with Crippen molar-refractivity contribution < 1.29 is 23.2 Å². The third-order valence-electron chi connectivity index (χ3n) is 5.20. The summed E-state index contributed by atoms with van der Waals surface area (Å²) in [6.45, 7) is 3.33. The Kier molecular flexibility index (Phi) is 4.80. The molecule has 8 nitrogen and oxygen atoms in total. The summed E-state index contributed by atoms with van der Waals surface area (Å²) < 4.78 is 29.0. The highest BCUT2D eigenvalue weighted by Crippen LogP contribution is 2.32. The number of carbonyl (C=O) groups excluding carboxylic acids is 1. The number of nitrogens with zero attached hydrogens (tertiary/aromatic N) is 4. The second kappa shape index (κ2) is 7.75. The average Bonchev–Trinajstić information content (AvgIpc) is 3.43. The molecule has 154 valence electrons. The number of ether oxygens (including phenoxy) is 2. The van der Waals surface area contributed by atoms with E-state index in [4.69, 9.17) is 14.0 Å². The molecule has 5 rings (SSSR count). The quantitative estimate of drug-likeness (QED) is 0.654. The molecule has 1 amide bonds. The molecule has 0 unspecified atom stereocenters. The summed E-state index contributed by atoms with van der Waals surface area (Å²) in [5, 5.41) is 4.02. The molecule has 0 N–H and O–H groups in total. The lowest BCUT2D eigenvalue weighted by molar-refractivity contribution is 0.0624. The molecule has 0 bridgehead atoms. The minimum absolute atomic E-state index is 0.0221. The molecule has 2 aliphatic rings. The molecule has 2 aliphatic heterocycles. The Morgan fingerprint density at radius 1 is 1.00 bits per heavy atom. The van der Waals surface area contributed by atoms with Gasteiger partial charge in [-0.15, -0.1) is 0 Å². The van der Waals surface area contributed by atoms with Crippen LogP contribution in [0.15, 0.2) is 47.0 Å². The largest absolute Gasteiger partial charge is 0.454 e. The van der Waals surface area contributed by atoms with Crippen LogP contribution < -0.4 is 9.47 Å². The predicted molar refractivity (Wildman–Crippen MR) is 103 cm³/mol. The van der Waals surface area contributed by atoms with Crippen molar-refractivity contribution in [2.75, 3.05) is 33.0 Å². The van der Waals surface area contributed by atoms with Gasteiger partial charge < -0.3 is 18.9 Å². The fraction of sp³-hybridized carbons (Fsp3) is 0.286. The molecule has 0 spiro atoms. The maximum absolute atomic E-state index is 13.1. The first kappa shape index (κ1) is 18.6. The normalized spacial score (nSPS) is 16.1. The highest BCUT2D eigenvalue weighted by molar-refractivity contribution is 5.95. The van der Waals surface area contributed by atoms with Crippen LogP contribution in [0.2, 0.25) is 0 Å². The van der Waals surface area contributed by atoms with E-state index in [1.165, 1.54) is 12.1 Å². The van der Waals surface area contributed by atoms with Gasteiger partial charge in [-0.2, -0.15) is 4.98 Å². The number of hydrogen-bond donors (Lipinski definition) is 0. The van der Waals surface area contributed by atoms with E-state index in [0.717, 1.165) is 0 Å². The number of rotatable bonds is 4. The van der Waals surface area contributed by atoms with E-state index in [1.807, 2.05) is 4.90 Å². The number of fused-ring (bicyclic) bond motifs is 1. The monoisotopic (exact) mass is 410 g/mol. The van der Waals surface area contributed by atoms with E-state index in [0.29, 0.717) is 67.1 Å². The van der Waals surface area contributed by atoms with E-state index in [1.54, 1.807) is 30.3 Å². The van der Waals surface area contributed by atoms with Crippen molar-refractivity contribution in [2.24, 2.45) is 0 Å². The number of hydrogen-bond acceptors (Lipinski definition) is 7. The van der Waals surface area contributed by atoms with Crippen molar-refractivity contribution in [3.05, 3.63) is 59.7 Å². The van der Waals surface area contributed by atoms with Gasteiger partial charge in [0.05, 0.1) is 6.54 Å². The second-order valence-electron chi connectivity index (χ2n) is 7.16. The molecule has 0 saturated carbocycles. The molecule has 2 aromatic carbocycles. The fourth-order valence-corrected chi connectivity index (χ4v) is 3.55. The molecular weight excluding hydrogens is 391 g/mol. The molecule has 0 radical (unpaired) electrons. The highest BCUT2D eigenvalue weighted by Gasteiger charge is 2.25. The van der Waals surface area contributed by atoms with Gasteiger partial charge in [-0.3, -0.25) is 9.69 Å². The second-order valence-corrected chi connectivity index (χ2v) is 7.16. The van der Waals surface area contributed by atoms with Crippen molar-refractivity contribution in [1.82, 2.24) is 19.9 Å². The van der Waals surface area contributed by atoms with Crippen LogP contribution in [0.1, 0.15) is 16.2 Å². The van der Waals surface area contributed by atoms with Crippen molar-refractivity contribution >= 4 is 5.91 Å². The van der Waals surface area contributed by atoms with E-state index < -0.39 is 0 Å². The third-order valence-corrected chi connectivity index (χ3v) is 5.20. The third kappa shape index (κ3) is 3.71. The van der Waals surface area contributed by atoms with Gasteiger partial charge in [-0.1, -0.05) is 5.16 Å². The van der Waals surface area contributed by atoms with E-state index >= 15 is 0 Å². The Balaban J connectivity index is 1.17. The number of amides is 1. The number of piperazine rings is 1. The summed E-state index contributed by atoms with van der Waals surface area (Å²) in [6, 6.07) is 11.2. The Labute approximate surface area is 171 Å². The van der Waals surface area contributed by atoms with Crippen LogP contribution in [0.3, 0.4) is 0 Å². The van der Waals surface area contributed by atoms with Crippen molar-refractivity contribution in [3.8, 4) is 23.0 Å².